The van der Waals surface area contributed by atoms with Gasteiger partial charge in [0, 0.05) is 23.6 Å². The molecule has 33 heavy (non-hydrogen) atoms. The van der Waals surface area contributed by atoms with Crippen LogP contribution in [0.5, 0.6) is 0 Å². The fourth-order valence-corrected chi connectivity index (χ4v) is 3.89. The van der Waals surface area contributed by atoms with E-state index in [0.29, 0.717) is 22.4 Å². The van der Waals surface area contributed by atoms with Gasteiger partial charge in [0.25, 0.3) is 11.7 Å². The van der Waals surface area contributed by atoms with Gasteiger partial charge < -0.3 is 9.84 Å². The van der Waals surface area contributed by atoms with Crippen molar-refractivity contribution in [3.8, 4) is 0 Å². The van der Waals surface area contributed by atoms with Crippen LogP contribution < -0.4 is 4.90 Å². The van der Waals surface area contributed by atoms with Crippen LogP contribution >= 0.6 is 0 Å². The number of aryl methyl sites for hydroxylation is 1. The molecule has 1 aromatic heterocycles. The third-order valence-electron chi connectivity index (χ3n) is 5.67. The van der Waals surface area contributed by atoms with Crippen molar-refractivity contribution in [2.24, 2.45) is 0 Å². The number of ether oxygens (including phenoxy) is 1. The van der Waals surface area contributed by atoms with Crippen molar-refractivity contribution >= 4 is 29.1 Å². The quantitative estimate of drug-likeness (QED) is 0.277. The molecule has 1 amide bonds. The van der Waals surface area contributed by atoms with Gasteiger partial charge in [-0.05, 0) is 53.9 Å². The van der Waals surface area contributed by atoms with Crippen LogP contribution in [0.1, 0.15) is 40.0 Å². The average Bonchev–Trinajstić information content (AvgIpc) is 3.14. The smallest absolute Gasteiger partial charge is 0.337 e. The molecule has 2 aromatic carbocycles. The molecule has 1 N–H and O–H groups in total. The van der Waals surface area contributed by atoms with Gasteiger partial charge in [-0.2, -0.15) is 0 Å². The Balaban J connectivity index is 1.88. The van der Waals surface area contributed by atoms with Gasteiger partial charge in [0.05, 0.1) is 24.3 Å². The maximum atomic E-state index is 13.2. The van der Waals surface area contributed by atoms with E-state index in [1.807, 2.05) is 31.2 Å². The van der Waals surface area contributed by atoms with Crippen molar-refractivity contribution < 1.29 is 24.2 Å². The van der Waals surface area contributed by atoms with Crippen molar-refractivity contribution in [3.63, 3.8) is 0 Å². The zero-order valence-electron chi connectivity index (χ0n) is 18.2. The van der Waals surface area contributed by atoms with Crippen LogP contribution in [0.3, 0.4) is 0 Å². The number of ketones is 1. The Morgan fingerprint density at radius 1 is 0.970 bits per heavy atom. The second-order valence-electron chi connectivity index (χ2n) is 7.54. The third kappa shape index (κ3) is 4.01. The highest BCUT2D eigenvalue weighted by Crippen LogP contribution is 2.42. The molecule has 7 heteroatoms. The number of aromatic nitrogens is 1. The van der Waals surface area contributed by atoms with E-state index < -0.39 is 23.7 Å². The van der Waals surface area contributed by atoms with Crippen LogP contribution in [0.15, 0.2) is 78.6 Å². The van der Waals surface area contributed by atoms with Gasteiger partial charge in [0.2, 0.25) is 0 Å². The number of hydrogen-bond acceptors (Lipinski definition) is 6. The van der Waals surface area contributed by atoms with Crippen LogP contribution in [0.2, 0.25) is 0 Å². The molecule has 1 unspecified atom stereocenters. The Kier molecular flexibility index (Phi) is 6.04. The minimum atomic E-state index is -0.840. The summed E-state index contributed by atoms with van der Waals surface area (Å²) in [5.41, 5.74) is 2.90. The second kappa shape index (κ2) is 9.08. The van der Waals surface area contributed by atoms with Crippen LogP contribution in [0.4, 0.5) is 5.69 Å². The number of amides is 1. The first-order chi connectivity index (χ1) is 16.0. The summed E-state index contributed by atoms with van der Waals surface area (Å²) in [5, 5.41) is 11.0. The maximum absolute atomic E-state index is 13.2. The monoisotopic (exact) mass is 442 g/mol. The Morgan fingerprint density at radius 3 is 2.18 bits per heavy atom. The second-order valence-corrected chi connectivity index (χ2v) is 7.54. The van der Waals surface area contributed by atoms with Crippen molar-refractivity contribution in [2.45, 2.75) is 19.4 Å². The third-order valence-corrected chi connectivity index (χ3v) is 5.67. The average molecular weight is 442 g/mol. The number of rotatable bonds is 5. The minimum Gasteiger partial charge on any atom is -0.507 e. The van der Waals surface area contributed by atoms with Gasteiger partial charge in [-0.1, -0.05) is 31.2 Å². The number of aliphatic hydroxyl groups excluding tert-OH is 1. The Bertz CT molecular complexity index is 1230. The summed E-state index contributed by atoms with van der Waals surface area (Å²) in [6.45, 7) is 2.04. The molecule has 166 valence electrons. The minimum absolute atomic E-state index is 0.00695. The van der Waals surface area contributed by atoms with E-state index in [1.54, 1.807) is 24.3 Å². The molecule has 7 nitrogen and oxygen atoms in total. The summed E-state index contributed by atoms with van der Waals surface area (Å²) < 4.78 is 4.73. The lowest BCUT2D eigenvalue weighted by Gasteiger charge is -2.25. The van der Waals surface area contributed by atoms with Crippen molar-refractivity contribution in [1.82, 2.24) is 4.98 Å². The molecule has 1 aliphatic heterocycles. The van der Waals surface area contributed by atoms with E-state index in [2.05, 4.69) is 4.98 Å². The lowest BCUT2D eigenvalue weighted by atomic mass is 9.94. The largest absolute Gasteiger partial charge is 0.507 e. The van der Waals surface area contributed by atoms with Crippen LogP contribution in [0, 0.1) is 0 Å². The number of esters is 1. The molecular formula is C26H22N2O5. The summed E-state index contributed by atoms with van der Waals surface area (Å²) in [7, 11) is 1.29. The molecular weight excluding hydrogens is 420 g/mol. The number of anilines is 1. The first kappa shape index (κ1) is 22.0. The molecule has 0 spiro atoms. The molecule has 4 rings (SSSR count). The normalized spacial score (nSPS) is 17.3. The van der Waals surface area contributed by atoms with E-state index in [-0.39, 0.29) is 11.3 Å². The van der Waals surface area contributed by atoms with E-state index in [1.165, 1.54) is 36.5 Å². The predicted molar refractivity (Wildman–Crippen MR) is 123 cm³/mol. The summed E-state index contributed by atoms with van der Waals surface area (Å²) in [6, 6.07) is 16.1. The number of nitrogens with zero attached hydrogens (tertiary/aromatic N) is 2. The summed E-state index contributed by atoms with van der Waals surface area (Å²) in [4.78, 5) is 43.4. The molecule has 1 atom stereocenters. The number of carbonyl (C=O) groups excluding carboxylic acids is 3. The Morgan fingerprint density at radius 2 is 1.61 bits per heavy atom. The standard InChI is InChI=1S/C26H22N2O5/c1-3-16-4-6-17(7-5-16)22-21(23(29)18-12-14-27-15-13-18)24(30)25(31)28(22)20-10-8-19(9-11-20)26(32)33-2/h4-15,22,29H,3H2,1-2H3/b23-21+. The molecule has 0 radical (unpaired) electrons. The topological polar surface area (TPSA) is 96.8 Å². The molecule has 0 saturated carbocycles. The molecule has 1 aliphatic rings. The van der Waals surface area contributed by atoms with Gasteiger partial charge in [-0.3, -0.25) is 19.5 Å². The van der Waals surface area contributed by atoms with Gasteiger partial charge in [0.15, 0.2) is 0 Å². The first-order valence-electron chi connectivity index (χ1n) is 10.4. The van der Waals surface area contributed by atoms with E-state index in [0.717, 1.165) is 12.0 Å². The van der Waals surface area contributed by atoms with E-state index in [4.69, 9.17) is 4.74 Å². The number of benzene rings is 2. The van der Waals surface area contributed by atoms with E-state index >= 15 is 0 Å². The fraction of sp³-hybridized carbons (Fsp3) is 0.154. The van der Waals surface area contributed by atoms with Gasteiger partial charge >= 0.3 is 5.97 Å². The summed E-state index contributed by atoms with van der Waals surface area (Å²) in [5.74, 6) is -2.33. The molecule has 2 heterocycles. The lowest BCUT2D eigenvalue weighted by Crippen LogP contribution is -2.29. The summed E-state index contributed by atoms with van der Waals surface area (Å²) >= 11 is 0. The fourth-order valence-electron chi connectivity index (χ4n) is 3.89. The zero-order valence-corrected chi connectivity index (χ0v) is 18.2. The SMILES string of the molecule is CCc1ccc(C2/C(=C(\O)c3ccncc3)C(=O)C(=O)N2c2ccc(C(=O)OC)cc2)cc1. The number of aliphatic hydroxyl groups is 1. The highest BCUT2D eigenvalue weighted by Gasteiger charge is 2.47. The Hall–Kier alpha value is -4.26. The Labute approximate surface area is 191 Å². The molecule has 1 fully saturated rings. The van der Waals surface area contributed by atoms with Crippen molar-refractivity contribution in [3.05, 3.63) is 101 Å². The van der Waals surface area contributed by atoms with Gasteiger partial charge in [0.1, 0.15) is 5.76 Å². The highest BCUT2D eigenvalue weighted by atomic mass is 16.5. The first-order valence-corrected chi connectivity index (χ1v) is 10.4. The molecule has 0 bridgehead atoms. The van der Waals surface area contributed by atoms with E-state index in [9.17, 15) is 19.5 Å². The molecule has 3 aromatic rings. The van der Waals surface area contributed by atoms with Crippen molar-refractivity contribution in [1.29, 1.82) is 0 Å². The van der Waals surface area contributed by atoms with Crippen molar-refractivity contribution in [2.75, 3.05) is 12.0 Å². The molecule has 1 saturated heterocycles. The summed E-state index contributed by atoms with van der Waals surface area (Å²) in [6.07, 6.45) is 3.84. The van der Waals surface area contributed by atoms with Gasteiger partial charge in [-0.15, -0.1) is 0 Å². The van der Waals surface area contributed by atoms with Crippen LogP contribution in [-0.4, -0.2) is 34.9 Å². The zero-order chi connectivity index (χ0) is 23.5. The van der Waals surface area contributed by atoms with Crippen LogP contribution in [-0.2, 0) is 20.7 Å². The number of pyridine rings is 1. The number of carbonyl (C=O) groups is 3. The van der Waals surface area contributed by atoms with Crippen LogP contribution in [0.25, 0.3) is 5.76 Å². The lowest BCUT2D eigenvalue weighted by molar-refractivity contribution is -0.132. The van der Waals surface area contributed by atoms with Gasteiger partial charge in [-0.25, -0.2) is 4.79 Å². The number of hydrogen-bond donors (Lipinski definition) is 1. The molecule has 0 aliphatic carbocycles. The number of Topliss-reactive ketones (excluding diaryl/α,β-unsaturated/α-hetero) is 1. The maximum Gasteiger partial charge on any atom is 0.337 e. The predicted octanol–water partition coefficient (Wildman–Crippen LogP) is 4.06. The number of methoxy groups -OCH3 is 1. The highest BCUT2D eigenvalue weighted by molar-refractivity contribution is 6.51.